The molecule has 0 aromatic heterocycles. The summed E-state index contributed by atoms with van der Waals surface area (Å²) in [6.07, 6.45) is 1.58. The second-order valence-corrected chi connectivity index (χ2v) is 2.25. The fraction of sp³-hybridized carbons (Fsp3) is 0.400. The van der Waals surface area contributed by atoms with Crippen molar-refractivity contribution in [1.82, 2.24) is 0 Å². The van der Waals surface area contributed by atoms with E-state index in [0.29, 0.717) is 0 Å². The van der Waals surface area contributed by atoms with E-state index in [1.54, 1.807) is 0 Å². The zero-order valence-corrected chi connectivity index (χ0v) is 7.44. The molecule has 13 heavy (non-hydrogen) atoms. The second-order valence-electron chi connectivity index (χ2n) is 2.25. The first kappa shape index (κ1) is 11.9. The Labute approximate surface area is 78.3 Å². The lowest BCUT2D eigenvalue weighted by Gasteiger charge is -2.15. The van der Waals surface area contributed by atoms with Gasteiger partial charge in [-0.2, -0.15) is 0 Å². The van der Waals surface area contributed by atoms with Gasteiger partial charge in [0.1, 0.15) is 25.4 Å². The van der Waals surface area contributed by atoms with Crippen molar-refractivity contribution in [2.24, 2.45) is 0 Å². The normalized spacial score (nSPS) is 13.7. The lowest BCUT2D eigenvalue weighted by molar-refractivity contribution is 0.0277. The van der Waals surface area contributed by atoms with Crippen molar-refractivity contribution in [2.45, 2.75) is 12.2 Å². The topological polar surface area (TPSA) is 49.7 Å². The molecule has 0 heterocycles. The molecule has 72 valence electrons. The molecule has 0 unspecified atom stereocenters. The third kappa shape index (κ3) is 5.21. The summed E-state index contributed by atoms with van der Waals surface area (Å²) in [4.78, 5) is 0. The van der Waals surface area contributed by atoms with Crippen molar-refractivity contribution in [3.63, 3.8) is 0 Å². The highest BCUT2D eigenvalue weighted by molar-refractivity contribution is 5.01. The number of ether oxygens (including phenoxy) is 1. The molecule has 0 fully saturated rings. The predicted molar refractivity (Wildman–Crippen MR) is 51.0 cm³/mol. The van der Waals surface area contributed by atoms with Crippen LogP contribution in [0.4, 0.5) is 0 Å². The minimum Gasteiger partial charge on any atom is -0.386 e. The van der Waals surface area contributed by atoms with E-state index in [1.807, 2.05) is 0 Å². The molecule has 0 aliphatic heterocycles. The van der Waals surface area contributed by atoms with E-state index in [-0.39, 0.29) is 13.2 Å². The van der Waals surface area contributed by atoms with E-state index in [0.717, 1.165) is 0 Å². The van der Waals surface area contributed by atoms with Gasteiger partial charge in [0.05, 0.1) is 0 Å². The summed E-state index contributed by atoms with van der Waals surface area (Å²) in [5.74, 6) is 4.99. The molecule has 3 heteroatoms. The summed E-state index contributed by atoms with van der Waals surface area (Å²) in [5.41, 5.74) is 0. The number of hydrogen-bond donors (Lipinski definition) is 2. The van der Waals surface area contributed by atoms with Gasteiger partial charge in [-0.1, -0.05) is 24.0 Å². The minimum atomic E-state index is -0.770. The molecule has 0 rings (SSSR count). The van der Waals surface area contributed by atoms with Crippen LogP contribution in [0.25, 0.3) is 0 Å². The summed E-state index contributed by atoms with van der Waals surface area (Å²) < 4.78 is 5.12. The van der Waals surface area contributed by atoms with E-state index in [1.165, 1.54) is 12.2 Å². The van der Waals surface area contributed by atoms with Gasteiger partial charge in [0.2, 0.25) is 0 Å². The van der Waals surface area contributed by atoms with Crippen LogP contribution < -0.4 is 0 Å². The van der Waals surface area contributed by atoms with Gasteiger partial charge in [0.15, 0.2) is 0 Å². The predicted octanol–water partition coefficient (Wildman–Crippen LogP) is 0.100. The average molecular weight is 182 g/mol. The Balaban J connectivity index is 3.84. The van der Waals surface area contributed by atoms with Gasteiger partial charge in [0.25, 0.3) is 0 Å². The van der Waals surface area contributed by atoms with E-state index in [2.05, 4.69) is 25.0 Å². The van der Waals surface area contributed by atoms with Gasteiger partial charge in [-0.3, -0.25) is 0 Å². The van der Waals surface area contributed by atoms with Crippen LogP contribution in [0.15, 0.2) is 25.3 Å². The van der Waals surface area contributed by atoms with Gasteiger partial charge < -0.3 is 14.9 Å². The first-order valence-electron chi connectivity index (χ1n) is 3.87. The third-order valence-electron chi connectivity index (χ3n) is 1.36. The highest BCUT2D eigenvalue weighted by Gasteiger charge is 2.11. The van der Waals surface area contributed by atoms with Crippen LogP contribution in [-0.4, -0.2) is 35.6 Å². The van der Waals surface area contributed by atoms with Crippen molar-refractivity contribution >= 4 is 0 Å². The van der Waals surface area contributed by atoms with Crippen molar-refractivity contribution < 1.29 is 14.9 Å². The van der Waals surface area contributed by atoms with Crippen LogP contribution in [-0.2, 0) is 4.74 Å². The van der Waals surface area contributed by atoms with Gasteiger partial charge >= 0.3 is 0 Å². The Morgan fingerprint density at radius 3 is 2.46 bits per heavy atom. The number of aliphatic hydroxyl groups excluding tert-OH is 2. The molecule has 3 nitrogen and oxygen atoms in total. The largest absolute Gasteiger partial charge is 0.386 e. The van der Waals surface area contributed by atoms with Crippen molar-refractivity contribution in [3.8, 4) is 11.8 Å². The molecule has 0 radical (unpaired) electrons. The smallest absolute Gasteiger partial charge is 0.108 e. The summed E-state index contributed by atoms with van der Waals surface area (Å²) in [6, 6.07) is 0. The van der Waals surface area contributed by atoms with E-state index >= 15 is 0 Å². The molecule has 2 N–H and O–H groups in total. The maximum absolute atomic E-state index is 9.26. The summed E-state index contributed by atoms with van der Waals surface area (Å²) in [7, 11) is 0. The Morgan fingerprint density at radius 1 is 1.31 bits per heavy atom. The van der Waals surface area contributed by atoms with E-state index in [4.69, 9.17) is 9.84 Å². The monoisotopic (exact) mass is 182 g/mol. The Kier molecular flexibility index (Phi) is 6.93. The quantitative estimate of drug-likeness (QED) is 0.468. The molecule has 0 aromatic carbocycles. The minimum absolute atomic E-state index is 0.155. The van der Waals surface area contributed by atoms with Gasteiger partial charge in [-0.25, -0.2) is 0 Å². The molecule has 0 aromatic rings. The van der Waals surface area contributed by atoms with Crippen LogP contribution in [0.1, 0.15) is 0 Å². The van der Waals surface area contributed by atoms with Crippen LogP contribution in [0.3, 0.4) is 0 Å². The van der Waals surface area contributed by atoms with Crippen LogP contribution in [0, 0.1) is 11.8 Å². The Hall–Kier alpha value is -1.08. The highest BCUT2D eigenvalue weighted by atomic mass is 16.5. The molecular weight excluding hydrogens is 168 g/mol. The molecule has 0 saturated carbocycles. The first-order chi connectivity index (χ1) is 6.26. The third-order valence-corrected chi connectivity index (χ3v) is 1.36. The summed E-state index contributed by atoms with van der Waals surface area (Å²) in [6.45, 7) is 6.89. The maximum Gasteiger partial charge on any atom is 0.108 e. The fourth-order valence-corrected chi connectivity index (χ4v) is 0.685. The standard InChI is InChI=1S/C10H14O3/c1-3-9(12)10(4-2)13-8-6-5-7-11/h3-4,9-12H,1-2,7-8H2/t9-,10-/m1/s1. The van der Waals surface area contributed by atoms with Crippen molar-refractivity contribution in [3.05, 3.63) is 25.3 Å². The summed E-state index contributed by atoms with van der Waals surface area (Å²) in [5, 5.41) is 17.6. The lowest BCUT2D eigenvalue weighted by Crippen LogP contribution is -2.24. The highest BCUT2D eigenvalue weighted by Crippen LogP contribution is 2.01. The number of hydrogen-bond acceptors (Lipinski definition) is 3. The van der Waals surface area contributed by atoms with Crippen LogP contribution >= 0.6 is 0 Å². The zero-order chi connectivity index (χ0) is 10.1. The molecule has 0 aliphatic carbocycles. The molecule has 0 aliphatic rings. The van der Waals surface area contributed by atoms with E-state index < -0.39 is 12.2 Å². The van der Waals surface area contributed by atoms with Crippen molar-refractivity contribution in [1.29, 1.82) is 0 Å². The van der Waals surface area contributed by atoms with Crippen LogP contribution in [0.2, 0.25) is 0 Å². The number of aliphatic hydroxyl groups is 2. The maximum atomic E-state index is 9.26. The molecule has 0 amide bonds. The Bertz CT molecular complexity index is 212. The van der Waals surface area contributed by atoms with E-state index in [9.17, 15) is 5.11 Å². The Morgan fingerprint density at radius 2 is 2.00 bits per heavy atom. The SMILES string of the molecule is C=C[C@@H](O)[C@@H](C=C)OCC#CCO. The lowest BCUT2D eigenvalue weighted by atomic mass is 10.2. The average Bonchev–Trinajstić information content (AvgIpc) is 2.17. The molecule has 0 spiro atoms. The molecule has 0 saturated heterocycles. The first-order valence-corrected chi connectivity index (χ1v) is 3.87. The molecule has 2 atom stereocenters. The summed E-state index contributed by atoms with van der Waals surface area (Å²) >= 11 is 0. The second kappa shape index (κ2) is 7.56. The van der Waals surface area contributed by atoms with Gasteiger partial charge in [0, 0.05) is 0 Å². The molecule has 0 bridgehead atoms. The molecular formula is C10H14O3. The van der Waals surface area contributed by atoms with Crippen molar-refractivity contribution in [2.75, 3.05) is 13.2 Å². The van der Waals surface area contributed by atoms with Gasteiger partial charge in [-0.15, -0.1) is 13.2 Å². The fourth-order valence-electron chi connectivity index (χ4n) is 0.685. The van der Waals surface area contributed by atoms with Crippen LogP contribution in [0.5, 0.6) is 0 Å². The zero-order valence-electron chi connectivity index (χ0n) is 7.44. The number of rotatable bonds is 5. The van der Waals surface area contributed by atoms with Gasteiger partial charge in [-0.05, 0) is 0 Å².